The van der Waals surface area contributed by atoms with Gasteiger partial charge in [-0.05, 0) is 34.5 Å². The first kappa shape index (κ1) is 17.7. The standard InChI is InChI=1S/C20H25N5O2/c1-3-5-11-16-20(26)25(12-4-2)19(22-16)15-13-21-17(23-18(15)24(25)27)14-9-7-6-8-10-14/h6-10,16H,3-5,11-13H2,1-2H3,(H,21,23)/q+2. The van der Waals surface area contributed by atoms with E-state index in [1.807, 2.05) is 37.3 Å². The van der Waals surface area contributed by atoms with Gasteiger partial charge in [0.2, 0.25) is 5.84 Å². The molecule has 4 rings (SSSR count). The van der Waals surface area contributed by atoms with Crippen molar-refractivity contribution in [2.45, 2.75) is 45.6 Å². The lowest BCUT2D eigenvalue weighted by Crippen LogP contribution is -2.58. The Morgan fingerprint density at radius 2 is 2.00 bits per heavy atom. The minimum atomic E-state index is -0.420. The van der Waals surface area contributed by atoms with Crippen molar-refractivity contribution in [2.75, 3.05) is 13.1 Å². The van der Waals surface area contributed by atoms with Gasteiger partial charge in [-0.1, -0.05) is 44.9 Å². The van der Waals surface area contributed by atoms with E-state index in [0.29, 0.717) is 37.0 Å². The third-order valence-corrected chi connectivity index (χ3v) is 5.39. The second kappa shape index (κ2) is 6.81. The Morgan fingerprint density at radius 3 is 2.70 bits per heavy atom. The molecule has 1 aromatic carbocycles. The SMILES string of the molecule is CCCCC1N=C2C3=C(NC(c4ccccc4)=NC3)[N+](=O)[N+]2(CCC)C1=O. The van der Waals surface area contributed by atoms with Gasteiger partial charge >= 0.3 is 11.7 Å². The molecule has 1 aromatic rings. The molecule has 7 nitrogen and oxygen atoms in total. The number of aliphatic imine (C=N–C) groups is 2. The van der Waals surface area contributed by atoms with Gasteiger partial charge in [0.15, 0.2) is 16.5 Å². The highest BCUT2D eigenvalue weighted by Gasteiger charge is 2.69. The third kappa shape index (κ3) is 2.56. The van der Waals surface area contributed by atoms with Crippen molar-refractivity contribution in [1.82, 2.24) is 5.32 Å². The Labute approximate surface area is 158 Å². The fourth-order valence-electron chi connectivity index (χ4n) is 4.07. The number of nitroso groups, excluding NO2 is 1. The van der Waals surface area contributed by atoms with Crippen molar-refractivity contribution in [3.63, 3.8) is 0 Å². The zero-order chi connectivity index (χ0) is 19.0. The quantitative estimate of drug-likeness (QED) is 0.620. The summed E-state index contributed by atoms with van der Waals surface area (Å²) in [4.78, 5) is 36.8. The predicted octanol–water partition coefficient (Wildman–Crippen LogP) is 2.68. The van der Waals surface area contributed by atoms with Gasteiger partial charge in [0.1, 0.15) is 6.54 Å². The van der Waals surface area contributed by atoms with Gasteiger partial charge in [0, 0.05) is 5.56 Å². The van der Waals surface area contributed by atoms with Gasteiger partial charge in [0.25, 0.3) is 5.84 Å². The minimum Gasteiger partial charge on any atom is -0.242 e. The fraction of sp³-hybridized carbons (Fsp3) is 0.450. The number of carbonyl (C=O) groups excluding carboxylic acids is 1. The first-order valence-electron chi connectivity index (χ1n) is 9.72. The molecule has 0 radical (unpaired) electrons. The number of nitrogens with one attached hydrogen (secondary N) is 1. The Morgan fingerprint density at radius 1 is 1.22 bits per heavy atom. The summed E-state index contributed by atoms with van der Waals surface area (Å²) < 4.78 is -0.333. The first-order chi connectivity index (χ1) is 13.1. The Bertz CT molecular complexity index is 887. The number of quaternary nitrogens is 1. The van der Waals surface area contributed by atoms with Crippen molar-refractivity contribution in [2.24, 2.45) is 9.98 Å². The number of nitrogens with zero attached hydrogens (tertiary/aromatic N) is 4. The summed E-state index contributed by atoms with van der Waals surface area (Å²) in [5.41, 5.74) is 1.67. The molecule has 0 fully saturated rings. The Kier molecular flexibility index (Phi) is 4.47. The lowest BCUT2D eigenvalue weighted by molar-refractivity contribution is -1.22. The molecule has 3 aliphatic rings. The molecule has 0 aliphatic carbocycles. The summed E-state index contributed by atoms with van der Waals surface area (Å²) >= 11 is 0. The smallest absolute Gasteiger partial charge is 0.242 e. The molecule has 2 atom stereocenters. The number of hydrogen-bond acceptors (Lipinski definition) is 5. The molecule has 3 heterocycles. The second-order valence-electron chi connectivity index (χ2n) is 7.20. The molecule has 7 heteroatoms. The van der Waals surface area contributed by atoms with Crippen LogP contribution in [-0.2, 0) is 4.79 Å². The van der Waals surface area contributed by atoms with E-state index < -0.39 is 6.04 Å². The summed E-state index contributed by atoms with van der Waals surface area (Å²) in [6.07, 6.45) is 3.35. The third-order valence-electron chi connectivity index (χ3n) is 5.39. The lowest BCUT2D eigenvalue weighted by Gasteiger charge is -2.19. The van der Waals surface area contributed by atoms with E-state index in [4.69, 9.17) is 4.99 Å². The molecular weight excluding hydrogens is 342 g/mol. The van der Waals surface area contributed by atoms with Crippen molar-refractivity contribution in [1.29, 1.82) is 0 Å². The van der Waals surface area contributed by atoms with Gasteiger partial charge in [-0.25, -0.2) is 20.1 Å². The second-order valence-corrected chi connectivity index (χ2v) is 7.20. The molecule has 0 bridgehead atoms. The summed E-state index contributed by atoms with van der Waals surface area (Å²) in [5.74, 6) is 1.56. The monoisotopic (exact) mass is 367 g/mol. The van der Waals surface area contributed by atoms with Crippen molar-refractivity contribution in [3.8, 4) is 0 Å². The highest BCUT2D eigenvalue weighted by molar-refractivity contribution is 6.08. The predicted molar refractivity (Wildman–Crippen MR) is 103 cm³/mol. The van der Waals surface area contributed by atoms with Crippen LogP contribution in [0, 0.1) is 4.91 Å². The van der Waals surface area contributed by atoms with Crippen LogP contribution in [0.15, 0.2) is 51.7 Å². The van der Waals surface area contributed by atoms with Crippen LogP contribution in [0.2, 0.25) is 0 Å². The first-order valence-corrected chi connectivity index (χ1v) is 9.72. The van der Waals surface area contributed by atoms with Crippen LogP contribution in [0.3, 0.4) is 0 Å². The highest BCUT2D eigenvalue weighted by Crippen LogP contribution is 2.37. The van der Waals surface area contributed by atoms with Crippen LogP contribution in [0.25, 0.3) is 0 Å². The van der Waals surface area contributed by atoms with E-state index >= 15 is 0 Å². The molecular formula is C20H25N5O2+2. The molecule has 1 N–H and O–H groups in total. The Hall–Kier alpha value is -2.67. The van der Waals surface area contributed by atoms with Gasteiger partial charge < -0.3 is 0 Å². The molecule has 140 valence electrons. The number of carbonyl (C=O) groups is 1. The molecule has 0 spiro atoms. The van der Waals surface area contributed by atoms with Crippen LogP contribution in [-0.4, -0.2) is 46.2 Å². The van der Waals surface area contributed by atoms with Gasteiger partial charge in [-0.15, -0.1) is 0 Å². The number of amides is 1. The molecule has 1 amide bonds. The van der Waals surface area contributed by atoms with E-state index in [1.54, 1.807) is 0 Å². The highest BCUT2D eigenvalue weighted by atomic mass is 16.4. The van der Waals surface area contributed by atoms with E-state index in [-0.39, 0.29) is 10.5 Å². The Balaban J connectivity index is 1.70. The maximum atomic E-state index is 13.4. The van der Waals surface area contributed by atoms with E-state index in [0.717, 1.165) is 35.3 Å². The van der Waals surface area contributed by atoms with Crippen molar-refractivity contribution < 1.29 is 14.3 Å². The van der Waals surface area contributed by atoms with Gasteiger partial charge in [-0.3, -0.25) is 0 Å². The summed E-state index contributed by atoms with van der Waals surface area (Å²) in [7, 11) is 0. The number of fused-ring (bicyclic) bond motifs is 2. The van der Waals surface area contributed by atoms with Gasteiger partial charge in [0.05, 0.1) is 6.54 Å². The van der Waals surface area contributed by atoms with Crippen molar-refractivity contribution >= 4 is 17.6 Å². The summed E-state index contributed by atoms with van der Waals surface area (Å²) in [6.45, 7) is 4.87. The number of benzene rings is 1. The normalized spacial score (nSPS) is 26.5. The molecule has 2 unspecified atom stereocenters. The molecule has 3 aliphatic heterocycles. The number of unbranched alkanes of at least 4 members (excludes halogenated alkanes) is 1. The molecule has 0 saturated carbocycles. The fourth-order valence-corrected chi connectivity index (χ4v) is 4.07. The average Bonchev–Trinajstić information content (AvgIpc) is 3.11. The molecule has 0 aromatic heterocycles. The van der Waals surface area contributed by atoms with Crippen LogP contribution >= 0.6 is 0 Å². The van der Waals surface area contributed by atoms with Crippen molar-refractivity contribution in [3.05, 3.63) is 52.2 Å². The topological polar surface area (TPSA) is 73.9 Å². The zero-order valence-corrected chi connectivity index (χ0v) is 15.8. The van der Waals surface area contributed by atoms with E-state index in [9.17, 15) is 9.70 Å². The number of amidine groups is 2. The van der Waals surface area contributed by atoms with E-state index in [2.05, 4.69) is 17.2 Å². The minimum absolute atomic E-state index is 0.104. The largest absolute Gasteiger partial charge is 0.394 e. The summed E-state index contributed by atoms with van der Waals surface area (Å²) in [6, 6.07) is 9.28. The maximum Gasteiger partial charge on any atom is 0.394 e. The van der Waals surface area contributed by atoms with Crippen LogP contribution in [0.1, 0.15) is 45.1 Å². The maximum absolute atomic E-state index is 13.4. The lowest BCUT2D eigenvalue weighted by atomic mass is 10.1. The van der Waals surface area contributed by atoms with Crippen LogP contribution in [0.5, 0.6) is 0 Å². The number of rotatable bonds is 6. The molecule has 27 heavy (non-hydrogen) atoms. The zero-order valence-electron chi connectivity index (χ0n) is 15.8. The number of hydrogen-bond donors (Lipinski definition) is 1. The van der Waals surface area contributed by atoms with Gasteiger partial charge in [-0.2, -0.15) is 0 Å². The summed E-state index contributed by atoms with van der Waals surface area (Å²) in [5, 5.41) is 3.17. The average molecular weight is 367 g/mol. The van der Waals surface area contributed by atoms with E-state index in [1.165, 1.54) is 0 Å². The van der Waals surface area contributed by atoms with Crippen LogP contribution in [0.4, 0.5) is 0 Å². The molecule has 0 saturated heterocycles. The van der Waals surface area contributed by atoms with Crippen LogP contribution < -0.4 is 5.32 Å².